The Kier molecular flexibility index (Phi) is 4.50. The van der Waals surface area contributed by atoms with Crippen LogP contribution in [0.4, 0.5) is 0 Å². The van der Waals surface area contributed by atoms with Crippen LogP contribution >= 0.6 is 0 Å². The monoisotopic (exact) mass is 318 g/mol. The molecule has 0 radical (unpaired) electrons. The van der Waals surface area contributed by atoms with Crippen molar-refractivity contribution >= 4 is 11.6 Å². The molecule has 23 heavy (non-hydrogen) atoms. The second-order valence-corrected chi connectivity index (χ2v) is 6.38. The second kappa shape index (κ2) is 6.07. The fourth-order valence-corrected chi connectivity index (χ4v) is 2.56. The third kappa shape index (κ3) is 2.83. The molecule has 1 unspecified atom stereocenters. The smallest absolute Gasteiger partial charge is 0.210 e. The summed E-state index contributed by atoms with van der Waals surface area (Å²) in [5.74, 6) is -1.82. The van der Waals surface area contributed by atoms with Crippen LogP contribution < -0.4 is 4.74 Å². The van der Waals surface area contributed by atoms with Gasteiger partial charge in [0.15, 0.2) is 11.9 Å². The number of carbonyl (C=O) groups is 2. The summed E-state index contributed by atoms with van der Waals surface area (Å²) in [6.07, 6.45) is 1.44. The van der Waals surface area contributed by atoms with Crippen molar-refractivity contribution in [2.45, 2.75) is 47.1 Å². The quantitative estimate of drug-likeness (QED) is 0.656. The first-order chi connectivity index (χ1) is 10.7. The zero-order chi connectivity index (χ0) is 17.5. The molecule has 1 aromatic carbocycles. The topological polar surface area (TPSA) is 83.8 Å². The minimum atomic E-state index is -0.745. The Morgan fingerprint density at radius 1 is 1.26 bits per heavy atom. The number of carbonyl (C=O) groups excluding carboxylic acids is 2. The molecule has 124 valence electrons. The average Bonchev–Trinajstić information content (AvgIpc) is 2.74. The van der Waals surface area contributed by atoms with Gasteiger partial charge in [0, 0.05) is 11.5 Å². The van der Waals surface area contributed by atoms with Gasteiger partial charge in [-0.3, -0.25) is 9.59 Å². The van der Waals surface area contributed by atoms with E-state index in [1.165, 1.54) is 0 Å². The molecule has 1 aliphatic heterocycles. The van der Waals surface area contributed by atoms with E-state index in [9.17, 15) is 19.8 Å². The molecule has 0 bridgehead atoms. The lowest BCUT2D eigenvalue weighted by Gasteiger charge is -2.16. The Morgan fingerprint density at radius 3 is 2.39 bits per heavy atom. The van der Waals surface area contributed by atoms with E-state index < -0.39 is 23.6 Å². The largest absolute Gasteiger partial charge is 0.507 e. The normalized spacial score (nSPS) is 16.3. The van der Waals surface area contributed by atoms with Gasteiger partial charge in [-0.25, -0.2) is 0 Å². The zero-order valence-corrected chi connectivity index (χ0v) is 14.1. The Labute approximate surface area is 135 Å². The first-order valence-electron chi connectivity index (χ1n) is 7.66. The number of rotatable bonds is 4. The molecule has 0 saturated carbocycles. The number of phenolic OH excluding ortho intramolecular Hbond substituents is 2. The maximum absolute atomic E-state index is 12.4. The summed E-state index contributed by atoms with van der Waals surface area (Å²) in [5, 5.41) is 20.9. The highest BCUT2D eigenvalue weighted by molar-refractivity contribution is 6.12. The molecule has 1 heterocycles. The van der Waals surface area contributed by atoms with Crippen LogP contribution in [0.1, 0.15) is 60.9 Å². The fraction of sp³-hybridized carbons (Fsp3) is 0.444. The predicted molar refractivity (Wildman–Crippen MR) is 86.5 cm³/mol. The van der Waals surface area contributed by atoms with Crippen molar-refractivity contribution in [3.63, 3.8) is 0 Å². The molecule has 0 aliphatic carbocycles. The summed E-state index contributed by atoms with van der Waals surface area (Å²) in [7, 11) is 0. The van der Waals surface area contributed by atoms with Gasteiger partial charge in [0.25, 0.3) is 0 Å². The number of ether oxygens (including phenoxy) is 1. The van der Waals surface area contributed by atoms with Crippen LogP contribution in [0.3, 0.4) is 0 Å². The third-order valence-corrected chi connectivity index (χ3v) is 3.89. The number of fused-ring (bicyclic) bond motifs is 1. The van der Waals surface area contributed by atoms with Crippen molar-refractivity contribution in [2.75, 3.05) is 0 Å². The predicted octanol–water partition coefficient (Wildman–Crippen LogP) is 3.41. The third-order valence-electron chi connectivity index (χ3n) is 3.89. The number of allylic oxidation sites excluding steroid dienone is 2. The van der Waals surface area contributed by atoms with Crippen molar-refractivity contribution < 1.29 is 24.5 Å². The summed E-state index contributed by atoms with van der Waals surface area (Å²) in [4.78, 5) is 24.6. The Morgan fingerprint density at radius 2 is 1.87 bits per heavy atom. The molecule has 5 nitrogen and oxygen atoms in total. The molecule has 1 aliphatic rings. The van der Waals surface area contributed by atoms with Gasteiger partial charge in [-0.1, -0.05) is 25.5 Å². The number of hydrogen-bond acceptors (Lipinski definition) is 5. The van der Waals surface area contributed by atoms with Gasteiger partial charge in [0.1, 0.15) is 28.4 Å². The highest BCUT2D eigenvalue weighted by Gasteiger charge is 2.39. The molecule has 2 rings (SSSR count). The van der Waals surface area contributed by atoms with Crippen molar-refractivity contribution in [2.24, 2.45) is 5.92 Å². The lowest BCUT2D eigenvalue weighted by atomic mass is 9.91. The van der Waals surface area contributed by atoms with E-state index in [2.05, 4.69) is 0 Å². The lowest BCUT2D eigenvalue weighted by molar-refractivity contribution is 0.0876. The van der Waals surface area contributed by atoms with Crippen LogP contribution in [0, 0.1) is 5.92 Å². The summed E-state index contributed by atoms with van der Waals surface area (Å²) in [6.45, 7) is 8.74. The molecule has 0 fully saturated rings. The molecule has 0 amide bonds. The van der Waals surface area contributed by atoms with Crippen LogP contribution in [0.5, 0.6) is 17.2 Å². The number of ketones is 2. The van der Waals surface area contributed by atoms with Crippen molar-refractivity contribution in [3.05, 3.63) is 28.3 Å². The number of hydrogen-bond donors (Lipinski definition) is 2. The van der Waals surface area contributed by atoms with Gasteiger partial charge in [-0.15, -0.1) is 0 Å². The number of aromatic hydroxyl groups is 2. The maximum Gasteiger partial charge on any atom is 0.210 e. The summed E-state index contributed by atoms with van der Waals surface area (Å²) in [6, 6.07) is 0. The second-order valence-electron chi connectivity index (χ2n) is 6.38. The average molecular weight is 318 g/mol. The van der Waals surface area contributed by atoms with E-state index in [-0.39, 0.29) is 28.4 Å². The van der Waals surface area contributed by atoms with Crippen LogP contribution in [0.2, 0.25) is 0 Å². The van der Waals surface area contributed by atoms with E-state index in [1.807, 2.05) is 19.9 Å². The summed E-state index contributed by atoms with van der Waals surface area (Å²) in [5.41, 5.74) is 1.19. The van der Waals surface area contributed by atoms with Crippen LogP contribution in [-0.2, 0) is 6.42 Å². The molecular formula is C18H22O5. The van der Waals surface area contributed by atoms with Gasteiger partial charge in [0.2, 0.25) is 5.78 Å². The van der Waals surface area contributed by atoms with Crippen molar-refractivity contribution in [1.82, 2.24) is 0 Å². The molecule has 1 aromatic rings. The number of phenols is 2. The first kappa shape index (κ1) is 17.1. The molecule has 0 aromatic heterocycles. The molecule has 0 spiro atoms. The van der Waals surface area contributed by atoms with Gasteiger partial charge < -0.3 is 14.9 Å². The van der Waals surface area contributed by atoms with Crippen LogP contribution in [-0.4, -0.2) is 27.9 Å². The van der Waals surface area contributed by atoms with Crippen LogP contribution in [0.25, 0.3) is 0 Å². The Bertz CT molecular complexity index is 709. The summed E-state index contributed by atoms with van der Waals surface area (Å²) >= 11 is 0. The summed E-state index contributed by atoms with van der Waals surface area (Å²) < 4.78 is 5.53. The number of Topliss-reactive ketones (excluding diaryl/α,β-unsaturated/α-hetero) is 2. The zero-order valence-electron chi connectivity index (χ0n) is 14.1. The van der Waals surface area contributed by atoms with E-state index in [0.717, 1.165) is 5.57 Å². The van der Waals surface area contributed by atoms with Crippen molar-refractivity contribution in [1.29, 1.82) is 0 Å². The van der Waals surface area contributed by atoms with Gasteiger partial charge in [0.05, 0.1) is 0 Å². The lowest BCUT2D eigenvalue weighted by Crippen LogP contribution is -2.15. The highest BCUT2D eigenvalue weighted by atomic mass is 16.5. The van der Waals surface area contributed by atoms with Gasteiger partial charge >= 0.3 is 0 Å². The van der Waals surface area contributed by atoms with Crippen LogP contribution in [0.15, 0.2) is 11.6 Å². The molecule has 2 N–H and O–H groups in total. The molecule has 0 saturated heterocycles. The SMILES string of the molecule is CC(C)=CCc1c(O)c(C(=O)C(C)C)c(O)c2c1OC(C)C2=O. The van der Waals surface area contributed by atoms with E-state index >= 15 is 0 Å². The minimum absolute atomic E-state index is 0.00328. The fourth-order valence-electron chi connectivity index (χ4n) is 2.56. The first-order valence-corrected chi connectivity index (χ1v) is 7.66. The highest BCUT2D eigenvalue weighted by Crippen LogP contribution is 2.47. The number of benzene rings is 1. The van der Waals surface area contributed by atoms with Crippen molar-refractivity contribution in [3.8, 4) is 17.2 Å². The van der Waals surface area contributed by atoms with E-state index in [1.54, 1.807) is 20.8 Å². The standard InChI is InChI=1S/C18H22O5/c1-8(2)6-7-11-16(21)12(14(19)9(3)4)17(22)13-15(20)10(5)23-18(11)13/h6,9-10,21-22H,7H2,1-5H3. The van der Waals surface area contributed by atoms with Gasteiger partial charge in [-0.05, 0) is 27.2 Å². The van der Waals surface area contributed by atoms with E-state index in [0.29, 0.717) is 12.0 Å². The van der Waals surface area contributed by atoms with E-state index in [4.69, 9.17) is 4.74 Å². The molecular weight excluding hydrogens is 296 g/mol. The molecule has 1 atom stereocenters. The minimum Gasteiger partial charge on any atom is -0.507 e. The Balaban J connectivity index is 2.77. The Hall–Kier alpha value is -2.30. The molecule has 5 heteroatoms. The maximum atomic E-state index is 12.4. The van der Waals surface area contributed by atoms with Gasteiger partial charge in [-0.2, -0.15) is 0 Å².